The van der Waals surface area contributed by atoms with Crippen LogP contribution in [0.2, 0.25) is 0 Å². The second kappa shape index (κ2) is 7.89. The molecule has 0 amide bonds. The largest absolute Gasteiger partial charge is 0.494 e. The van der Waals surface area contributed by atoms with E-state index in [1.165, 1.54) is 12.8 Å². The molecule has 2 aliphatic rings. The van der Waals surface area contributed by atoms with E-state index < -0.39 is 29.1 Å². The first-order valence-electron chi connectivity index (χ1n) is 9.83. The molecule has 1 saturated carbocycles. The van der Waals surface area contributed by atoms with Crippen LogP contribution < -0.4 is 4.74 Å². The number of hydrogen-bond donors (Lipinski definition) is 1. The Kier molecular flexibility index (Phi) is 5.75. The third-order valence-electron chi connectivity index (χ3n) is 5.55. The van der Waals surface area contributed by atoms with Crippen LogP contribution in [-0.4, -0.2) is 35.9 Å². The monoisotopic (exact) mass is 376 g/mol. The molecule has 1 aliphatic heterocycles. The zero-order chi connectivity index (χ0) is 19.5. The van der Waals surface area contributed by atoms with Gasteiger partial charge in [0.1, 0.15) is 11.9 Å². The summed E-state index contributed by atoms with van der Waals surface area (Å²) in [6.45, 7) is 4.58. The number of benzene rings is 1. The predicted octanol–water partition coefficient (Wildman–Crippen LogP) is 3.32. The van der Waals surface area contributed by atoms with Crippen molar-refractivity contribution in [2.45, 2.75) is 64.1 Å². The lowest BCUT2D eigenvalue weighted by Crippen LogP contribution is -2.51. The summed E-state index contributed by atoms with van der Waals surface area (Å²) in [4.78, 5) is 24.6. The summed E-state index contributed by atoms with van der Waals surface area (Å²) in [5, 5.41) is 10.8. The zero-order valence-electron chi connectivity index (χ0n) is 16.0. The second-order valence-electron chi connectivity index (χ2n) is 7.35. The molecule has 1 N–H and O–H groups in total. The SMILES string of the molecule is CCCCCCOc1ccc([C@H]2OC(=O)[C@@](O)(C(=O)OCC)C23CC3)cc1. The van der Waals surface area contributed by atoms with Gasteiger partial charge in [-0.05, 0) is 43.9 Å². The fraction of sp³-hybridized carbons (Fsp3) is 0.619. The molecule has 148 valence electrons. The quantitative estimate of drug-likeness (QED) is 0.404. The van der Waals surface area contributed by atoms with Crippen molar-refractivity contribution >= 4 is 11.9 Å². The Hall–Kier alpha value is -2.08. The smallest absolute Gasteiger partial charge is 0.351 e. The standard InChI is InChI=1S/C21H28O6/c1-3-5-6-7-14-26-16-10-8-15(9-11-16)17-20(12-13-20)21(24,19(23)27-17)18(22)25-4-2/h8-11,17,24H,3-7,12-14H2,1-2H3/t17-,21+/m1/s1. The van der Waals surface area contributed by atoms with E-state index in [-0.39, 0.29) is 6.61 Å². The molecule has 1 aromatic carbocycles. The topological polar surface area (TPSA) is 82.1 Å². The van der Waals surface area contributed by atoms with Crippen LogP contribution in [0.15, 0.2) is 24.3 Å². The van der Waals surface area contributed by atoms with Crippen LogP contribution >= 0.6 is 0 Å². The fourth-order valence-electron chi connectivity index (χ4n) is 3.82. The summed E-state index contributed by atoms with van der Waals surface area (Å²) < 4.78 is 16.1. The maximum atomic E-state index is 12.3. The van der Waals surface area contributed by atoms with Crippen molar-refractivity contribution in [3.63, 3.8) is 0 Å². The highest BCUT2D eigenvalue weighted by Crippen LogP contribution is 2.67. The van der Waals surface area contributed by atoms with Gasteiger partial charge in [-0.3, -0.25) is 0 Å². The molecule has 0 bridgehead atoms. The number of esters is 2. The van der Waals surface area contributed by atoms with Crippen LogP contribution in [0.1, 0.15) is 64.0 Å². The van der Waals surface area contributed by atoms with Crippen LogP contribution in [0.3, 0.4) is 0 Å². The molecule has 1 aliphatic carbocycles. The second-order valence-corrected chi connectivity index (χ2v) is 7.35. The summed E-state index contributed by atoms with van der Waals surface area (Å²) in [5.41, 5.74) is -2.40. The molecule has 6 nitrogen and oxygen atoms in total. The minimum absolute atomic E-state index is 0.0967. The number of aliphatic hydroxyl groups is 1. The fourth-order valence-corrected chi connectivity index (χ4v) is 3.82. The molecule has 0 radical (unpaired) electrons. The highest BCUT2D eigenvalue weighted by molar-refractivity contribution is 6.06. The number of cyclic esters (lactones) is 1. The van der Waals surface area contributed by atoms with E-state index in [4.69, 9.17) is 14.2 Å². The van der Waals surface area contributed by atoms with Gasteiger partial charge in [0, 0.05) is 0 Å². The van der Waals surface area contributed by atoms with Crippen molar-refractivity contribution in [3.05, 3.63) is 29.8 Å². The molecule has 3 rings (SSSR count). The van der Waals surface area contributed by atoms with Crippen molar-refractivity contribution < 1.29 is 28.9 Å². The van der Waals surface area contributed by atoms with E-state index in [1.807, 2.05) is 24.3 Å². The van der Waals surface area contributed by atoms with Crippen LogP contribution in [0.25, 0.3) is 0 Å². The molecule has 0 aromatic heterocycles. The molecule has 0 unspecified atom stereocenters. The number of unbranched alkanes of at least 4 members (excludes halogenated alkanes) is 3. The Morgan fingerprint density at radius 2 is 1.89 bits per heavy atom. The van der Waals surface area contributed by atoms with Crippen LogP contribution in [0.4, 0.5) is 0 Å². The van der Waals surface area contributed by atoms with Crippen molar-refractivity contribution in [1.29, 1.82) is 0 Å². The van der Waals surface area contributed by atoms with E-state index in [0.717, 1.165) is 24.2 Å². The van der Waals surface area contributed by atoms with Gasteiger partial charge in [0.2, 0.25) is 0 Å². The summed E-state index contributed by atoms with van der Waals surface area (Å²) in [6.07, 6.45) is 4.99. The average molecular weight is 376 g/mol. The molecule has 6 heteroatoms. The molecule has 1 heterocycles. The first-order chi connectivity index (χ1) is 13.0. The molecule has 1 aromatic rings. The molecule has 27 heavy (non-hydrogen) atoms. The van der Waals surface area contributed by atoms with E-state index in [2.05, 4.69) is 6.92 Å². The van der Waals surface area contributed by atoms with Crippen LogP contribution in [-0.2, 0) is 19.1 Å². The van der Waals surface area contributed by atoms with Crippen molar-refractivity contribution in [3.8, 4) is 5.75 Å². The van der Waals surface area contributed by atoms with Gasteiger partial charge >= 0.3 is 11.9 Å². The Bertz CT molecular complexity index is 678. The van der Waals surface area contributed by atoms with Crippen molar-refractivity contribution in [2.75, 3.05) is 13.2 Å². The van der Waals surface area contributed by atoms with Crippen LogP contribution in [0.5, 0.6) is 5.75 Å². The first kappa shape index (κ1) is 19.7. The molecule has 2 atom stereocenters. The summed E-state index contributed by atoms with van der Waals surface area (Å²) >= 11 is 0. The van der Waals surface area contributed by atoms with Gasteiger partial charge in [0.05, 0.1) is 18.6 Å². The van der Waals surface area contributed by atoms with E-state index >= 15 is 0 Å². The first-order valence-corrected chi connectivity index (χ1v) is 9.83. The maximum Gasteiger partial charge on any atom is 0.351 e. The Balaban J connectivity index is 1.69. The van der Waals surface area contributed by atoms with E-state index in [1.54, 1.807) is 6.92 Å². The maximum absolute atomic E-state index is 12.3. The third-order valence-corrected chi connectivity index (χ3v) is 5.55. The highest BCUT2D eigenvalue weighted by atomic mass is 16.6. The minimum atomic E-state index is -2.22. The van der Waals surface area contributed by atoms with Crippen molar-refractivity contribution in [1.82, 2.24) is 0 Å². The van der Waals surface area contributed by atoms with Gasteiger partial charge in [-0.2, -0.15) is 0 Å². The normalized spacial score (nSPS) is 25.3. The zero-order valence-corrected chi connectivity index (χ0v) is 16.0. The van der Waals surface area contributed by atoms with Crippen LogP contribution in [0, 0.1) is 5.41 Å². The number of carbonyl (C=O) groups is 2. The summed E-state index contributed by atoms with van der Waals surface area (Å²) in [6, 6.07) is 7.33. The lowest BCUT2D eigenvalue weighted by Gasteiger charge is -2.25. The van der Waals surface area contributed by atoms with Crippen molar-refractivity contribution in [2.24, 2.45) is 5.41 Å². The van der Waals surface area contributed by atoms with Gasteiger partial charge in [-0.15, -0.1) is 0 Å². The minimum Gasteiger partial charge on any atom is -0.494 e. The molecular formula is C21H28O6. The molecular weight excluding hydrogens is 348 g/mol. The summed E-state index contributed by atoms with van der Waals surface area (Å²) in [7, 11) is 0. The molecule has 1 spiro atoms. The lowest BCUT2D eigenvalue weighted by atomic mass is 9.80. The average Bonchev–Trinajstić information content (AvgIpc) is 3.44. The van der Waals surface area contributed by atoms with Gasteiger partial charge in [-0.25, -0.2) is 9.59 Å². The van der Waals surface area contributed by atoms with Gasteiger partial charge < -0.3 is 19.3 Å². The number of ether oxygens (including phenoxy) is 3. The van der Waals surface area contributed by atoms with Gasteiger partial charge in [0.15, 0.2) is 0 Å². The number of rotatable bonds is 9. The molecule has 1 saturated heterocycles. The van der Waals surface area contributed by atoms with Gasteiger partial charge in [-0.1, -0.05) is 38.3 Å². The Labute approximate surface area is 159 Å². The summed E-state index contributed by atoms with van der Waals surface area (Å²) in [5.74, 6) is -1.08. The molecule has 2 fully saturated rings. The number of carbonyl (C=O) groups excluding carboxylic acids is 2. The van der Waals surface area contributed by atoms with E-state index in [9.17, 15) is 14.7 Å². The third kappa shape index (κ3) is 3.43. The lowest BCUT2D eigenvalue weighted by molar-refractivity contribution is -0.178. The highest BCUT2D eigenvalue weighted by Gasteiger charge is 2.78. The van der Waals surface area contributed by atoms with Gasteiger partial charge in [0.25, 0.3) is 5.60 Å². The number of hydrogen-bond acceptors (Lipinski definition) is 6. The van der Waals surface area contributed by atoms with E-state index in [0.29, 0.717) is 19.4 Å². The predicted molar refractivity (Wildman–Crippen MR) is 98.2 cm³/mol. The Morgan fingerprint density at radius 3 is 2.48 bits per heavy atom. The Morgan fingerprint density at radius 1 is 1.19 bits per heavy atom.